The molecule has 0 atom stereocenters. The van der Waals surface area contributed by atoms with E-state index in [0.717, 1.165) is 44.1 Å². The topological polar surface area (TPSA) is 33.1 Å². The van der Waals surface area contributed by atoms with Crippen molar-refractivity contribution in [2.75, 3.05) is 26.2 Å². The molecule has 4 nitrogen and oxygen atoms in total. The second-order valence-corrected chi connectivity index (χ2v) is 5.05. The highest BCUT2D eigenvalue weighted by molar-refractivity contribution is 5.32. The van der Waals surface area contributed by atoms with Crippen LogP contribution in [0.1, 0.15) is 11.3 Å². The monoisotopic (exact) mass is 256 g/mol. The van der Waals surface area contributed by atoms with E-state index in [4.69, 9.17) is 0 Å². The second kappa shape index (κ2) is 5.55. The van der Waals surface area contributed by atoms with Crippen LogP contribution in [0.3, 0.4) is 0 Å². The van der Waals surface area contributed by atoms with Gasteiger partial charge in [0.1, 0.15) is 0 Å². The van der Waals surface area contributed by atoms with Gasteiger partial charge in [-0.2, -0.15) is 5.10 Å². The van der Waals surface area contributed by atoms with Crippen LogP contribution in [0, 0.1) is 6.92 Å². The number of aromatic nitrogens is 2. The number of para-hydroxylation sites is 1. The molecule has 1 aliphatic rings. The van der Waals surface area contributed by atoms with Crippen LogP contribution in [-0.2, 0) is 6.54 Å². The summed E-state index contributed by atoms with van der Waals surface area (Å²) >= 11 is 0. The molecule has 100 valence electrons. The molecule has 19 heavy (non-hydrogen) atoms. The highest BCUT2D eigenvalue weighted by atomic mass is 15.3. The van der Waals surface area contributed by atoms with Gasteiger partial charge in [0.25, 0.3) is 0 Å². The summed E-state index contributed by atoms with van der Waals surface area (Å²) < 4.78 is 1.98. The Labute approximate surface area is 114 Å². The van der Waals surface area contributed by atoms with Gasteiger partial charge in [-0.25, -0.2) is 4.68 Å². The molecule has 1 fully saturated rings. The van der Waals surface area contributed by atoms with Crippen LogP contribution in [0.4, 0.5) is 0 Å². The summed E-state index contributed by atoms with van der Waals surface area (Å²) in [6, 6.07) is 10.3. The fourth-order valence-corrected chi connectivity index (χ4v) is 2.47. The highest BCUT2D eigenvalue weighted by Gasteiger charge is 2.13. The van der Waals surface area contributed by atoms with Gasteiger partial charge in [0.2, 0.25) is 0 Å². The van der Waals surface area contributed by atoms with Gasteiger partial charge in [0, 0.05) is 44.5 Å². The van der Waals surface area contributed by atoms with Gasteiger partial charge in [-0.1, -0.05) is 18.2 Å². The largest absolute Gasteiger partial charge is 0.314 e. The standard InChI is InChI=1S/C15H20N4/c1-13-14(11-18-9-7-16-8-10-18)12-19(17-13)15-5-3-2-4-6-15/h2-6,12,16H,7-11H2,1H3. The number of benzene rings is 1. The van der Waals surface area contributed by atoms with Crippen molar-refractivity contribution < 1.29 is 0 Å². The van der Waals surface area contributed by atoms with Crippen molar-refractivity contribution in [1.29, 1.82) is 0 Å². The lowest BCUT2D eigenvalue weighted by Gasteiger charge is -2.26. The minimum atomic E-state index is 1.00. The van der Waals surface area contributed by atoms with Crippen molar-refractivity contribution in [2.45, 2.75) is 13.5 Å². The van der Waals surface area contributed by atoms with Gasteiger partial charge in [-0.05, 0) is 19.1 Å². The lowest BCUT2D eigenvalue weighted by molar-refractivity contribution is 0.233. The molecule has 0 saturated carbocycles. The molecule has 0 amide bonds. The summed E-state index contributed by atoms with van der Waals surface area (Å²) in [6.45, 7) is 7.51. The first-order valence-corrected chi connectivity index (χ1v) is 6.86. The average molecular weight is 256 g/mol. The normalized spacial score (nSPS) is 16.7. The summed E-state index contributed by atoms with van der Waals surface area (Å²) in [6.07, 6.45) is 2.16. The minimum Gasteiger partial charge on any atom is -0.314 e. The maximum atomic E-state index is 4.62. The third-order valence-corrected chi connectivity index (χ3v) is 3.62. The molecule has 0 radical (unpaired) electrons. The molecule has 0 spiro atoms. The van der Waals surface area contributed by atoms with E-state index < -0.39 is 0 Å². The molecule has 1 aromatic carbocycles. The van der Waals surface area contributed by atoms with E-state index in [2.05, 4.69) is 40.6 Å². The molecule has 1 N–H and O–H groups in total. The van der Waals surface area contributed by atoms with Crippen molar-refractivity contribution in [3.8, 4) is 5.69 Å². The number of piperazine rings is 1. The predicted molar refractivity (Wildman–Crippen MR) is 76.4 cm³/mol. The van der Waals surface area contributed by atoms with E-state index >= 15 is 0 Å². The minimum absolute atomic E-state index is 1.00. The smallest absolute Gasteiger partial charge is 0.0645 e. The summed E-state index contributed by atoms with van der Waals surface area (Å²) in [5.74, 6) is 0. The van der Waals surface area contributed by atoms with Crippen LogP contribution < -0.4 is 5.32 Å². The third kappa shape index (κ3) is 2.85. The summed E-state index contributed by atoms with van der Waals surface area (Å²) in [4.78, 5) is 2.48. The van der Waals surface area contributed by atoms with Gasteiger partial charge < -0.3 is 5.32 Å². The maximum absolute atomic E-state index is 4.62. The van der Waals surface area contributed by atoms with Gasteiger partial charge in [-0.3, -0.25) is 4.90 Å². The SMILES string of the molecule is Cc1nn(-c2ccccc2)cc1CN1CCNCC1. The van der Waals surface area contributed by atoms with E-state index in [-0.39, 0.29) is 0 Å². The third-order valence-electron chi connectivity index (χ3n) is 3.62. The van der Waals surface area contributed by atoms with Crippen LogP contribution in [0.25, 0.3) is 5.69 Å². The summed E-state index contributed by atoms with van der Waals surface area (Å²) in [7, 11) is 0. The Morgan fingerprint density at radius 1 is 1.16 bits per heavy atom. The molecule has 4 heteroatoms. The lowest BCUT2D eigenvalue weighted by Crippen LogP contribution is -2.42. The molecule has 1 aliphatic heterocycles. The van der Waals surface area contributed by atoms with Gasteiger partial charge in [0.05, 0.1) is 11.4 Å². The first-order valence-electron chi connectivity index (χ1n) is 6.86. The van der Waals surface area contributed by atoms with E-state index in [9.17, 15) is 0 Å². The fourth-order valence-electron chi connectivity index (χ4n) is 2.47. The zero-order chi connectivity index (χ0) is 13.1. The molecule has 1 saturated heterocycles. The summed E-state index contributed by atoms with van der Waals surface area (Å²) in [5.41, 5.74) is 3.57. The van der Waals surface area contributed by atoms with Crippen LogP contribution in [-0.4, -0.2) is 40.9 Å². The zero-order valence-corrected chi connectivity index (χ0v) is 11.3. The van der Waals surface area contributed by atoms with Gasteiger partial charge in [-0.15, -0.1) is 0 Å². The van der Waals surface area contributed by atoms with E-state index in [0.29, 0.717) is 0 Å². The molecular weight excluding hydrogens is 236 g/mol. The molecular formula is C15H20N4. The Hall–Kier alpha value is -1.65. The van der Waals surface area contributed by atoms with E-state index in [1.54, 1.807) is 0 Å². The van der Waals surface area contributed by atoms with Crippen molar-refractivity contribution in [1.82, 2.24) is 20.0 Å². The van der Waals surface area contributed by atoms with Crippen molar-refractivity contribution in [3.05, 3.63) is 47.8 Å². The Morgan fingerprint density at radius 3 is 2.63 bits per heavy atom. The second-order valence-electron chi connectivity index (χ2n) is 5.05. The van der Waals surface area contributed by atoms with E-state index in [1.807, 2.05) is 22.9 Å². The van der Waals surface area contributed by atoms with Crippen LogP contribution in [0.5, 0.6) is 0 Å². The number of hydrogen-bond acceptors (Lipinski definition) is 3. The number of rotatable bonds is 3. The summed E-state index contributed by atoms with van der Waals surface area (Å²) in [5, 5.41) is 8.00. The molecule has 0 unspecified atom stereocenters. The molecule has 1 aromatic heterocycles. The molecule has 2 aromatic rings. The number of nitrogens with one attached hydrogen (secondary N) is 1. The lowest BCUT2D eigenvalue weighted by atomic mass is 10.2. The average Bonchev–Trinajstić information content (AvgIpc) is 2.82. The zero-order valence-electron chi connectivity index (χ0n) is 11.3. The first-order chi connectivity index (χ1) is 9.33. The molecule has 0 bridgehead atoms. The fraction of sp³-hybridized carbons (Fsp3) is 0.400. The first kappa shape index (κ1) is 12.4. The quantitative estimate of drug-likeness (QED) is 0.905. The van der Waals surface area contributed by atoms with E-state index in [1.165, 1.54) is 5.56 Å². The Morgan fingerprint density at radius 2 is 1.89 bits per heavy atom. The predicted octanol–water partition coefficient (Wildman–Crippen LogP) is 1.59. The van der Waals surface area contributed by atoms with Gasteiger partial charge in [0.15, 0.2) is 0 Å². The number of hydrogen-bond donors (Lipinski definition) is 1. The Balaban J connectivity index is 1.77. The van der Waals surface area contributed by atoms with Crippen molar-refractivity contribution in [2.24, 2.45) is 0 Å². The maximum Gasteiger partial charge on any atom is 0.0645 e. The molecule has 3 rings (SSSR count). The Bertz CT molecular complexity index is 526. The van der Waals surface area contributed by atoms with Crippen LogP contribution >= 0.6 is 0 Å². The molecule has 0 aliphatic carbocycles. The van der Waals surface area contributed by atoms with Crippen LogP contribution in [0.15, 0.2) is 36.5 Å². The van der Waals surface area contributed by atoms with Crippen molar-refractivity contribution in [3.63, 3.8) is 0 Å². The highest BCUT2D eigenvalue weighted by Crippen LogP contribution is 2.14. The number of nitrogens with zero attached hydrogens (tertiary/aromatic N) is 3. The Kier molecular flexibility index (Phi) is 3.62. The van der Waals surface area contributed by atoms with Crippen LogP contribution in [0.2, 0.25) is 0 Å². The van der Waals surface area contributed by atoms with Gasteiger partial charge >= 0.3 is 0 Å². The van der Waals surface area contributed by atoms with Crippen molar-refractivity contribution >= 4 is 0 Å². The number of aryl methyl sites for hydroxylation is 1. The molecule has 2 heterocycles.